The molecule has 2 aromatic rings. The monoisotopic (exact) mass is 336 g/mol. The van der Waals surface area contributed by atoms with Crippen LogP contribution in [0.3, 0.4) is 0 Å². The van der Waals surface area contributed by atoms with Crippen molar-refractivity contribution in [3.8, 4) is 0 Å². The van der Waals surface area contributed by atoms with Gasteiger partial charge in [0.1, 0.15) is 5.65 Å². The summed E-state index contributed by atoms with van der Waals surface area (Å²) >= 11 is 0. The molecule has 0 bridgehead atoms. The molecule has 1 N–H and O–H groups in total. The standard InChI is InChI=1S/C17H24N4O.ClH/c1-13-3-4-16-19-15(9-17(22)21(16)11-13)12-20-7-5-14(6-8-20)10-18-2;/h3-4,9,11,14,18H,5-8,10,12H2,1-2H3;1H. The van der Waals surface area contributed by atoms with Gasteiger partial charge in [-0.25, -0.2) is 4.98 Å². The van der Waals surface area contributed by atoms with E-state index in [0.717, 1.165) is 49.0 Å². The molecule has 0 unspecified atom stereocenters. The van der Waals surface area contributed by atoms with Crippen LogP contribution in [0, 0.1) is 12.8 Å². The summed E-state index contributed by atoms with van der Waals surface area (Å²) in [6.07, 6.45) is 4.27. The largest absolute Gasteiger partial charge is 0.319 e. The second-order valence-electron chi connectivity index (χ2n) is 6.30. The third-order valence-corrected chi connectivity index (χ3v) is 4.45. The summed E-state index contributed by atoms with van der Waals surface area (Å²) in [5, 5.41) is 3.26. The van der Waals surface area contributed by atoms with E-state index in [1.54, 1.807) is 10.5 Å². The number of rotatable bonds is 4. The molecule has 126 valence electrons. The van der Waals surface area contributed by atoms with Crippen LogP contribution in [0.1, 0.15) is 24.1 Å². The summed E-state index contributed by atoms with van der Waals surface area (Å²) in [5.74, 6) is 0.777. The highest BCUT2D eigenvalue weighted by molar-refractivity contribution is 5.85. The predicted molar refractivity (Wildman–Crippen MR) is 95.4 cm³/mol. The first-order valence-electron chi connectivity index (χ1n) is 8.01. The van der Waals surface area contributed by atoms with Gasteiger partial charge in [0.15, 0.2) is 0 Å². The Hall–Kier alpha value is -1.43. The Bertz CT molecular complexity index is 707. The minimum Gasteiger partial charge on any atom is -0.319 e. The molecule has 1 aliphatic rings. The zero-order valence-corrected chi connectivity index (χ0v) is 14.6. The molecule has 3 rings (SSSR count). The lowest BCUT2D eigenvalue weighted by Gasteiger charge is -2.31. The fraction of sp³-hybridized carbons (Fsp3) is 0.529. The molecule has 5 nitrogen and oxygen atoms in total. The molecule has 0 aliphatic carbocycles. The van der Waals surface area contributed by atoms with Gasteiger partial charge in [0.05, 0.1) is 5.69 Å². The van der Waals surface area contributed by atoms with Gasteiger partial charge in [-0.05, 0) is 64.0 Å². The van der Waals surface area contributed by atoms with E-state index in [1.165, 1.54) is 12.8 Å². The highest BCUT2D eigenvalue weighted by Crippen LogP contribution is 2.17. The van der Waals surface area contributed by atoms with Gasteiger partial charge in [-0.15, -0.1) is 12.4 Å². The quantitative estimate of drug-likeness (QED) is 0.926. The van der Waals surface area contributed by atoms with Gasteiger partial charge in [0.2, 0.25) is 0 Å². The zero-order valence-electron chi connectivity index (χ0n) is 13.8. The smallest absolute Gasteiger partial charge is 0.258 e. The number of piperidine rings is 1. The first kappa shape index (κ1) is 17.9. The third kappa shape index (κ3) is 4.31. The summed E-state index contributed by atoms with van der Waals surface area (Å²) in [4.78, 5) is 19.3. The summed E-state index contributed by atoms with van der Waals surface area (Å²) < 4.78 is 1.62. The van der Waals surface area contributed by atoms with Crippen LogP contribution in [0.25, 0.3) is 5.65 Å². The minimum absolute atomic E-state index is 0. The summed E-state index contributed by atoms with van der Waals surface area (Å²) in [6, 6.07) is 5.58. The fourth-order valence-corrected chi connectivity index (χ4v) is 3.21. The molecule has 1 saturated heterocycles. The number of aromatic nitrogens is 2. The molecular weight excluding hydrogens is 312 g/mol. The van der Waals surface area contributed by atoms with Crippen LogP contribution in [0.4, 0.5) is 0 Å². The normalized spacial score (nSPS) is 16.4. The highest BCUT2D eigenvalue weighted by Gasteiger charge is 2.19. The van der Waals surface area contributed by atoms with Crippen LogP contribution in [0.15, 0.2) is 29.2 Å². The molecule has 23 heavy (non-hydrogen) atoms. The molecule has 0 saturated carbocycles. The Morgan fingerprint density at radius 2 is 2.04 bits per heavy atom. The Morgan fingerprint density at radius 1 is 1.30 bits per heavy atom. The highest BCUT2D eigenvalue weighted by atomic mass is 35.5. The van der Waals surface area contributed by atoms with Crippen molar-refractivity contribution in [2.45, 2.75) is 26.3 Å². The van der Waals surface area contributed by atoms with Gasteiger partial charge in [0.25, 0.3) is 5.56 Å². The van der Waals surface area contributed by atoms with E-state index in [0.29, 0.717) is 0 Å². The third-order valence-electron chi connectivity index (χ3n) is 4.45. The number of likely N-dealkylation sites (tertiary alicyclic amines) is 1. The van der Waals surface area contributed by atoms with Crippen molar-refractivity contribution in [3.63, 3.8) is 0 Å². The van der Waals surface area contributed by atoms with E-state index in [9.17, 15) is 4.79 Å². The first-order valence-corrected chi connectivity index (χ1v) is 8.01. The average Bonchev–Trinajstić information content (AvgIpc) is 2.50. The number of fused-ring (bicyclic) bond motifs is 1. The minimum atomic E-state index is 0. The lowest BCUT2D eigenvalue weighted by atomic mass is 9.97. The van der Waals surface area contributed by atoms with Crippen LogP contribution < -0.4 is 10.9 Å². The molecule has 3 heterocycles. The predicted octanol–water partition coefficient (Wildman–Crippen LogP) is 1.86. The number of pyridine rings is 1. The van der Waals surface area contributed by atoms with Crippen molar-refractivity contribution < 1.29 is 0 Å². The van der Waals surface area contributed by atoms with E-state index in [1.807, 2.05) is 32.3 Å². The molecular formula is C17H25ClN4O. The number of halogens is 1. The fourth-order valence-electron chi connectivity index (χ4n) is 3.21. The van der Waals surface area contributed by atoms with Crippen LogP contribution in [-0.2, 0) is 6.54 Å². The van der Waals surface area contributed by atoms with Gasteiger partial charge in [-0.3, -0.25) is 14.1 Å². The maximum atomic E-state index is 12.2. The van der Waals surface area contributed by atoms with Crippen LogP contribution in [0.2, 0.25) is 0 Å². The molecule has 0 aromatic carbocycles. The van der Waals surface area contributed by atoms with E-state index in [-0.39, 0.29) is 18.0 Å². The molecule has 0 amide bonds. The molecule has 0 radical (unpaired) electrons. The summed E-state index contributed by atoms with van der Waals surface area (Å²) in [6.45, 7) is 6.02. The van der Waals surface area contributed by atoms with Crippen molar-refractivity contribution in [1.82, 2.24) is 19.6 Å². The number of hydrogen-bond donors (Lipinski definition) is 1. The number of nitrogens with one attached hydrogen (secondary N) is 1. The van der Waals surface area contributed by atoms with E-state index in [4.69, 9.17) is 0 Å². The number of aryl methyl sites for hydroxylation is 1. The van der Waals surface area contributed by atoms with Gasteiger partial charge in [-0.2, -0.15) is 0 Å². The lowest BCUT2D eigenvalue weighted by Crippen LogP contribution is -2.36. The lowest BCUT2D eigenvalue weighted by molar-refractivity contribution is 0.175. The van der Waals surface area contributed by atoms with Gasteiger partial charge >= 0.3 is 0 Å². The van der Waals surface area contributed by atoms with Gasteiger partial charge < -0.3 is 5.32 Å². The van der Waals surface area contributed by atoms with Crippen molar-refractivity contribution in [3.05, 3.63) is 46.0 Å². The van der Waals surface area contributed by atoms with Gasteiger partial charge in [-0.1, -0.05) is 6.07 Å². The number of nitrogens with zero attached hydrogens (tertiary/aromatic N) is 3. The first-order chi connectivity index (χ1) is 10.7. The second kappa shape index (κ2) is 7.90. The maximum absolute atomic E-state index is 12.2. The Kier molecular flexibility index (Phi) is 6.16. The van der Waals surface area contributed by atoms with E-state index in [2.05, 4.69) is 15.2 Å². The Morgan fingerprint density at radius 3 is 2.74 bits per heavy atom. The van der Waals surface area contributed by atoms with Crippen molar-refractivity contribution in [1.29, 1.82) is 0 Å². The van der Waals surface area contributed by atoms with Gasteiger partial charge in [0, 0.05) is 18.8 Å². The van der Waals surface area contributed by atoms with Crippen LogP contribution in [0.5, 0.6) is 0 Å². The van der Waals surface area contributed by atoms with Crippen molar-refractivity contribution in [2.75, 3.05) is 26.7 Å². The summed E-state index contributed by atoms with van der Waals surface area (Å²) in [5.41, 5.74) is 2.68. The molecule has 2 aromatic heterocycles. The molecule has 0 spiro atoms. The summed E-state index contributed by atoms with van der Waals surface area (Å²) in [7, 11) is 2.01. The Labute approximate surface area is 143 Å². The van der Waals surface area contributed by atoms with Crippen molar-refractivity contribution in [2.24, 2.45) is 5.92 Å². The molecule has 1 fully saturated rings. The van der Waals surface area contributed by atoms with E-state index < -0.39 is 0 Å². The SMILES string of the molecule is CNCC1CCN(Cc2cc(=O)n3cc(C)ccc3n2)CC1.Cl. The van der Waals surface area contributed by atoms with E-state index >= 15 is 0 Å². The molecule has 6 heteroatoms. The number of hydrogen-bond acceptors (Lipinski definition) is 4. The Balaban J connectivity index is 0.00000192. The topological polar surface area (TPSA) is 49.6 Å². The second-order valence-corrected chi connectivity index (χ2v) is 6.30. The van der Waals surface area contributed by atoms with Crippen LogP contribution >= 0.6 is 12.4 Å². The molecule has 1 aliphatic heterocycles. The molecule has 0 atom stereocenters. The maximum Gasteiger partial charge on any atom is 0.258 e. The average molecular weight is 337 g/mol. The zero-order chi connectivity index (χ0) is 15.5. The van der Waals surface area contributed by atoms with Crippen molar-refractivity contribution >= 4 is 18.1 Å². The van der Waals surface area contributed by atoms with Crippen LogP contribution in [-0.4, -0.2) is 41.0 Å².